The van der Waals surface area contributed by atoms with Gasteiger partial charge in [0.25, 0.3) is 0 Å². The number of nitrogens with zero attached hydrogens (tertiary/aromatic N) is 5. The number of rotatable bonds is 6. The lowest BCUT2D eigenvalue weighted by molar-refractivity contribution is -0.234. The Balaban J connectivity index is 1.26. The molecule has 2 aromatic carbocycles. The second-order valence-electron chi connectivity index (χ2n) is 10.7. The molecule has 4 heterocycles. The van der Waals surface area contributed by atoms with Crippen LogP contribution in [0.1, 0.15) is 19.0 Å². The summed E-state index contributed by atoms with van der Waals surface area (Å²) >= 11 is 0. The topological polar surface area (TPSA) is 109 Å². The number of H-pyrrole nitrogens is 1. The van der Waals surface area contributed by atoms with Gasteiger partial charge < -0.3 is 29.6 Å². The predicted molar refractivity (Wildman–Crippen MR) is 152 cm³/mol. The minimum absolute atomic E-state index is 0.0376. The first-order valence-electron chi connectivity index (χ1n) is 13.6. The summed E-state index contributed by atoms with van der Waals surface area (Å²) in [6.07, 6.45) is 0.853. The van der Waals surface area contributed by atoms with Crippen molar-refractivity contribution in [3.63, 3.8) is 0 Å². The fourth-order valence-corrected chi connectivity index (χ4v) is 5.00. The first kappa shape index (κ1) is 27.0. The molecule has 2 aliphatic rings. The number of amides is 1. The van der Waals surface area contributed by atoms with Crippen molar-refractivity contribution in [3.8, 4) is 22.6 Å². The smallest absolute Gasteiger partial charge is 0.233 e. The van der Waals surface area contributed by atoms with Crippen molar-refractivity contribution in [2.24, 2.45) is 5.41 Å². The zero-order chi connectivity index (χ0) is 28.4. The molecule has 11 heteroatoms. The van der Waals surface area contributed by atoms with Crippen molar-refractivity contribution in [2.75, 3.05) is 51.8 Å². The summed E-state index contributed by atoms with van der Waals surface area (Å²) in [5.41, 5.74) is 2.53. The van der Waals surface area contributed by atoms with Crippen LogP contribution in [0.25, 0.3) is 22.6 Å². The van der Waals surface area contributed by atoms with Crippen LogP contribution in [0.3, 0.4) is 0 Å². The summed E-state index contributed by atoms with van der Waals surface area (Å²) in [5.74, 6) is 0.546. The van der Waals surface area contributed by atoms with Crippen molar-refractivity contribution >= 4 is 17.5 Å². The van der Waals surface area contributed by atoms with E-state index in [0.29, 0.717) is 47.5 Å². The van der Waals surface area contributed by atoms with Crippen molar-refractivity contribution in [1.29, 1.82) is 0 Å². The highest BCUT2D eigenvalue weighted by atomic mass is 19.1. The lowest BCUT2D eigenvalue weighted by Gasteiger charge is -2.41. The maximum absolute atomic E-state index is 13.7. The van der Waals surface area contributed by atoms with Gasteiger partial charge in [-0.3, -0.25) is 4.79 Å². The van der Waals surface area contributed by atoms with Crippen LogP contribution in [0.5, 0.6) is 0 Å². The minimum Gasteiger partial charge on any atom is -0.345 e. The number of aromatic nitrogens is 4. The Labute approximate surface area is 237 Å². The van der Waals surface area contributed by atoms with Gasteiger partial charge in [0.2, 0.25) is 18.1 Å². The fourth-order valence-electron chi connectivity index (χ4n) is 5.00. The molecule has 0 radical (unpaired) electrons. The number of hydrogen-bond donors (Lipinski definition) is 2. The summed E-state index contributed by atoms with van der Waals surface area (Å²) in [6.45, 7) is 5.35. The van der Waals surface area contributed by atoms with Gasteiger partial charge in [0.05, 0.1) is 35.7 Å². The molecule has 212 valence electrons. The molecule has 2 N–H and O–H groups in total. The molecule has 2 fully saturated rings. The number of hydrogen-bond acceptors (Lipinski definition) is 8. The molecule has 2 aromatic heterocycles. The van der Waals surface area contributed by atoms with Crippen LogP contribution >= 0.6 is 0 Å². The first-order chi connectivity index (χ1) is 19.9. The highest BCUT2D eigenvalue weighted by Gasteiger charge is 2.43. The van der Waals surface area contributed by atoms with Crippen LogP contribution < -0.4 is 5.32 Å². The molecule has 2 saturated heterocycles. The molecular weight excluding hydrogens is 525 g/mol. The Hall–Kier alpha value is -4.19. The average Bonchev–Trinajstić information content (AvgIpc) is 3.44. The molecule has 0 spiro atoms. The zero-order valence-electron chi connectivity index (χ0n) is 23.0. The van der Waals surface area contributed by atoms with E-state index in [1.54, 1.807) is 24.4 Å². The van der Waals surface area contributed by atoms with Crippen LogP contribution in [0.15, 0.2) is 66.9 Å². The lowest BCUT2D eigenvalue weighted by atomic mass is 9.90. The summed E-state index contributed by atoms with van der Waals surface area (Å²) < 4.78 is 25.9. The number of carbonyl (C=O) groups excluding carboxylic acids is 1. The second-order valence-corrected chi connectivity index (χ2v) is 10.7. The van der Waals surface area contributed by atoms with Gasteiger partial charge in [-0.2, -0.15) is 0 Å². The maximum Gasteiger partial charge on any atom is 0.233 e. The summed E-state index contributed by atoms with van der Waals surface area (Å²) in [4.78, 5) is 34.6. The Morgan fingerprint density at radius 3 is 2.41 bits per heavy atom. The van der Waals surface area contributed by atoms with Crippen molar-refractivity contribution in [1.82, 2.24) is 29.7 Å². The van der Waals surface area contributed by atoms with Crippen LogP contribution in [0.4, 0.5) is 16.0 Å². The van der Waals surface area contributed by atoms with E-state index in [-0.39, 0.29) is 24.9 Å². The molecule has 10 nitrogen and oxygen atoms in total. The summed E-state index contributed by atoms with van der Waals surface area (Å²) in [6, 6.07) is 17.5. The van der Waals surface area contributed by atoms with E-state index >= 15 is 0 Å². The molecule has 0 aliphatic carbocycles. The number of halogens is 1. The normalized spacial score (nSPS) is 21.5. The van der Waals surface area contributed by atoms with Gasteiger partial charge in [-0.1, -0.05) is 18.2 Å². The van der Waals surface area contributed by atoms with Crippen LogP contribution in [-0.2, 0) is 14.3 Å². The monoisotopic (exact) mass is 557 g/mol. The number of carbonyl (C=O) groups is 1. The third-order valence-corrected chi connectivity index (χ3v) is 7.42. The van der Waals surface area contributed by atoms with E-state index in [1.807, 2.05) is 42.2 Å². The van der Waals surface area contributed by atoms with E-state index in [9.17, 15) is 9.18 Å². The van der Waals surface area contributed by atoms with Crippen LogP contribution in [0.2, 0.25) is 0 Å². The number of nitrogens with one attached hydrogen (secondary N) is 2. The highest BCUT2D eigenvalue weighted by Crippen LogP contribution is 2.36. The number of ether oxygens (including phenoxy) is 2. The third-order valence-electron chi connectivity index (χ3n) is 7.42. The van der Waals surface area contributed by atoms with Gasteiger partial charge in [0.1, 0.15) is 5.82 Å². The van der Waals surface area contributed by atoms with Crippen molar-refractivity contribution < 1.29 is 18.7 Å². The predicted octanol–water partition coefficient (Wildman–Crippen LogP) is 4.24. The largest absolute Gasteiger partial charge is 0.345 e. The molecular formula is C30H32FN7O3. The quantitative estimate of drug-likeness (QED) is 0.363. The molecule has 4 aromatic rings. The number of aromatic amines is 1. The maximum atomic E-state index is 13.7. The van der Waals surface area contributed by atoms with Gasteiger partial charge >= 0.3 is 0 Å². The molecule has 1 amide bonds. The van der Waals surface area contributed by atoms with E-state index in [1.165, 1.54) is 12.1 Å². The minimum atomic E-state index is -0.805. The SMILES string of the molecule is CN1CCN(C(=O)C2(C)COC(c3nc(-c4ccc(F)cc4)c(-c4ccnc(Nc5ccccc5)n4)[nH]3)OC2)CC1. The van der Waals surface area contributed by atoms with Crippen LogP contribution in [0, 0.1) is 11.2 Å². The number of benzene rings is 2. The lowest BCUT2D eigenvalue weighted by Crippen LogP contribution is -2.55. The van der Waals surface area contributed by atoms with E-state index in [2.05, 4.69) is 27.2 Å². The number of para-hydroxylation sites is 1. The highest BCUT2D eigenvalue weighted by molar-refractivity contribution is 5.83. The van der Waals surface area contributed by atoms with Gasteiger partial charge in [-0.15, -0.1) is 0 Å². The van der Waals surface area contributed by atoms with E-state index in [0.717, 1.165) is 18.8 Å². The molecule has 0 atom stereocenters. The third kappa shape index (κ3) is 5.83. The molecule has 0 unspecified atom stereocenters. The Morgan fingerprint density at radius 2 is 1.71 bits per heavy atom. The Kier molecular flexibility index (Phi) is 7.48. The molecule has 41 heavy (non-hydrogen) atoms. The van der Waals surface area contributed by atoms with Gasteiger partial charge in [0.15, 0.2) is 5.82 Å². The van der Waals surface area contributed by atoms with Gasteiger partial charge in [-0.05, 0) is 56.4 Å². The zero-order valence-corrected chi connectivity index (χ0v) is 23.0. The van der Waals surface area contributed by atoms with Gasteiger partial charge in [0, 0.05) is 43.6 Å². The average molecular weight is 558 g/mol. The van der Waals surface area contributed by atoms with Crippen molar-refractivity contribution in [2.45, 2.75) is 13.2 Å². The summed E-state index contributed by atoms with van der Waals surface area (Å²) in [5, 5.41) is 3.21. The molecule has 0 saturated carbocycles. The number of imidazole rings is 1. The molecule has 0 bridgehead atoms. The standard InChI is InChI=1S/C30H32FN7O3/c1-30(28(39)38-16-14-37(2)15-17-38)18-40-27(41-19-30)26-35-24(20-8-10-21(31)11-9-20)25(36-26)23-12-13-32-29(34-23)33-22-6-4-3-5-7-22/h3-13,27H,14-19H2,1-2H3,(H,35,36)(H,32,33,34). The van der Waals surface area contributed by atoms with Crippen molar-refractivity contribution in [3.05, 3.63) is 78.5 Å². The molecule has 2 aliphatic heterocycles. The van der Waals surface area contributed by atoms with Crippen LogP contribution in [-0.4, -0.2) is 82.1 Å². The second kappa shape index (κ2) is 11.4. The van der Waals surface area contributed by atoms with E-state index in [4.69, 9.17) is 19.4 Å². The first-order valence-corrected chi connectivity index (χ1v) is 13.6. The fraction of sp³-hybridized carbons (Fsp3) is 0.333. The number of anilines is 2. The van der Waals surface area contributed by atoms with E-state index < -0.39 is 11.7 Å². The number of piperazine rings is 1. The number of likely N-dealkylation sites (N-methyl/N-ethyl adjacent to an activating group) is 1. The Bertz CT molecular complexity index is 1500. The molecule has 6 rings (SSSR count). The Morgan fingerprint density at radius 1 is 1.00 bits per heavy atom. The summed E-state index contributed by atoms with van der Waals surface area (Å²) in [7, 11) is 2.06. The van der Waals surface area contributed by atoms with Gasteiger partial charge in [-0.25, -0.2) is 19.3 Å².